The van der Waals surface area contributed by atoms with Crippen molar-refractivity contribution in [2.24, 2.45) is 0 Å². The molecule has 0 fully saturated rings. The highest BCUT2D eigenvalue weighted by atomic mass is 32.2. The van der Waals surface area contributed by atoms with E-state index in [-0.39, 0.29) is 11.5 Å². The number of carbonyl (C=O) groups excluding carboxylic acids is 1. The summed E-state index contributed by atoms with van der Waals surface area (Å²) in [5.74, 6) is 0.146. The maximum atomic E-state index is 13.0. The summed E-state index contributed by atoms with van der Waals surface area (Å²) in [5, 5.41) is 1.82. The van der Waals surface area contributed by atoms with Crippen molar-refractivity contribution in [3.8, 4) is 5.75 Å². The molecule has 0 amide bonds. The molecule has 0 radical (unpaired) electrons. The zero-order valence-electron chi connectivity index (χ0n) is 19.0. The molecule has 4 aromatic rings. The molecule has 1 heterocycles. The Kier molecular flexibility index (Phi) is 5.78. The number of ether oxygens (including phenoxy) is 2. The molecule has 176 valence electrons. The third-order valence-electron chi connectivity index (χ3n) is 5.75. The van der Waals surface area contributed by atoms with E-state index in [4.69, 9.17) is 9.47 Å². The predicted octanol–water partition coefficient (Wildman–Crippen LogP) is 5.66. The minimum atomic E-state index is -3.77. The lowest BCUT2D eigenvalue weighted by Gasteiger charge is -2.31. The van der Waals surface area contributed by atoms with E-state index in [0.717, 1.165) is 16.3 Å². The van der Waals surface area contributed by atoms with Gasteiger partial charge in [-0.1, -0.05) is 54.6 Å². The Morgan fingerprint density at radius 3 is 2.46 bits per heavy atom. The molecule has 7 heteroatoms. The van der Waals surface area contributed by atoms with Crippen LogP contribution in [0.1, 0.15) is 22.8 Å². The van der Waals surface area contributed by atoms with Crippen LogP contribution in [0.2, 0.25) is 0 Å². The molecule has 0 saturated carbocycles. The van der Waals surface area contributed by atoms with Gasteiger partial charge in [0.25, 0.3) is 10.0 Å². The molecule has 35 heavy (non-hydrogen) atoms. The lowest BCUT2D eigenvalue weighted by molar-refractivity contribution is 0.0140. The van der Waals surface area contributed by atoms with Crippen LogP contribution in [0.15, 0.2) is 102 Å². The number of esters is 1. The van der Waals surface area contributed by atoms with Crippen LogP contribution < -0.4 is 9.46 Å². The van der Waals surface area contributed by atoms with E-state index in [1.165, 1.54) is 0 Å². The van der Waals surface area contributed by atoms with Crippen molar-refractivity contribution in [3.05, 3.63) is 108 Å². The van der Waals surface area contributed by atoms with Crippen molar-refractivity contribution in [2.75, 3.05) is 11.3 Å². The van der Waals surface area contributed by atoms with Crippen molar-refractivity contribution in [1.82, 2.24) is 0 Å². The average molecular weight is 486 g/mol. The summed E-state index contributed by atoms with van der Waals surface area (Å²) in [6.45, 7) is 1.86. The Morgan fingerprint density at radius 2 is 1.66 bits per heavy atom. The fourth-order valence-electron chi connectivity index (χ4n) is 3.88. The first-order valence-electron chi connectivity index (χ1n) is 11.1. The number of rotatable bonds is 6. The van der Waals surface area contributed by atoms with Gasteiger partial charge in [-0.2, -0.15) is 0 Å². The number of benzene rings is 4. The molecule has 1 unspecified atom stereocenters. The highest BCUT2D eigenvalue weighted by Crippen LogP contribution is 2.34. The highest BCUT2D eigenvalue weighted by Gasteiger charge is 2.30. The van der Waals surface area contributed by atoms with Gasteiger partial charge in [0, 0.05) is 11.3 Å². The lowest BCUT2D eigenvalue weighted by Crippen LogP contribution is -2.38. The molecule has 1 aliphatic rings. The van der Waals surface area contributed by atoms with Crippen molar-refractivity contribution >= 4 is 38.5 Å². The Hall–Kier alpha value is -4.10. The zero-order chi connectivity index (χ0) is 24.5. The summed E-state index contributed by atoms with van der Waals surface area (Å²) in [6, 6.07) is 26.5. The number of anilines is 1. The molecule has 0 aromatic heterocycles. The molecule has 5 rings (SSSR count). The fraction of sp³-hybridized carbons (Fsp3) is 0.107. The summed E-state index contributed by atoms with van der Waals surface area (Å²) in [7, 11) is -3.77. The number of hydrogen-bond acceptors (Lipinski definition) is 5. The summed E-state index contributed by atoms with van der Waals surface area (Å²) in [6.07, 6.45) is 3.64. The third-order valence-corrected chi connectivity index (χ3v) is 7.13. The smallest absolute Gasteiger partial charge is 0.338 e. The molecule has 1 N–H and O–H groups in total. The van der Waals surface area contributed by atoms with Gasteiger partial charge in [0.2, 0.25) is 0 Å². The van der Waals surface area contributed by atoms with Crippen LogP contribution in [-0.2, 0) is 14.8 Å². The summed E-state index contributed by atoms with van der Waals surface area (Å²) in [5.41, 5.74) is 0.767. The van der Waals surface area contributed by atoms with Crippen LogP contribution in [0, 0.1) is 0 Å². The number of sulfonamides is 1. The Balaban J connectivity index is 1.29. The maximum absolute atomic E-state index is 13.0. The molecule has 1 aliphatic heterocycles. The van der Waals surface area contributed by atoms with Gasteiger partial charge in [-0.25, -0.2) is 13.2 Å². The van der Waals surface area contributed by atoms with Crippen molar-refractivity contribution in [3.63, 3.8) is 0 Å². The van der Waals surface area contributed by atoms with Crippen LogP contribution in [-0.4, -0.2) is 26.6 Å². The number of carbonyl (C=O) groups is 1. The van der Waals surface area contributed by atoms with Crippen LogP contribution >= 0.6 is 0 Å². The number of hydrogen-bond donors (Lipinski definition) is 1. The molecular formula is C28H23NO5S. The first kappa shape index (κ1) is 22.7. The molecule has 4 aromatic carbocycles. The van der Waals surface area contributed by atoms with E-state index in [2.05, 4.69) is 4.72 Å². The van der Waals surface area contributed by atoms with Gasteiger partial charge in [0.1, 0.15) is 12.4 Å². The van der Waals surface area contributed by atoms with Gasteiger partial charge in [0.05, 0.1) is 10.5 Å². The summed E-state index contributed by atoms with van der Waals surface area (Å²) in [4.78, 5) is 12.5. The number of fused-ring (bicyclic) bond motifs is 2. The van der Waals surface area contributed by atoms with Crippen molar-refractivity contribution in [1.29, 1.82) is 0 Å². The topological polar surface area (TPSA) is 81.7 Å². The monoisotopic (exact) mass is 485 g/mol. The molecule has 0 bridgehead atoms. The van der Waals surface area contributed by atoms with Crippen LogP contribution in [0.4, 0.5) is 5.69 Å². The van der Waals surface area contributed by atoms with Gasteiger partial charge in [-0.05, 0) is 66.2 Å². The van der Waals surface area contributed by atoms with Gasteiger partial charge in [0.15, 0.2) is 5.60 Å². The standard InChI is InChI=1S/C28H23NO5S/c1-28(19-33-27(30)21-8-3-2-4-9-21)16-15-23-17-24(12-14-26(23)34-28)29-35(31,32)25-13-11-20-7-5-6-10-22(20)18-25/h2-18,29H,19H2,1H3. The normalized spacial score (nSPS) is 16.8. The van der Waals surface area contributed by atoms with E-state index >= 15 is 0 Å². The van der Waals surface area contributed by atoms with Crippen molar-refractivity contribution in [2.45, 2.75) is 17.4 Å². The second-order valence-corrected chi connectivity index (χ2v) is 10.2. The first-order valence-corrected chi connectivity index (χ1v) is 12.6. The Morgan fingerprint density at radius 1 is 0.914 bits per heavy atom. The molecule has 0 spiro atoms. The molecule has 1 atom stereocenters. The predicted molar refractivity (Wildman–Crippen MR) is 136 cm³/mol. The van der Waals surface area contributed by atoms with E-state index in [1.54, 1.807) is 66.7 Å². The summed E-state index contributed by atoms with van der Waals surface area (Å²) < 4.78 is 40.1. The zero-order valence-corrected chi connectivity index (χ0v) is 19.8. The van der Waals surface area contributed by atoms with E-state index in [9.17, 15) is 13.2 Å². The lowest BCUT2D eigenvalue weighted by atomic mass is 10.0. The Bertz CT molecular complexity index is 1550. The maximum Gasteiger partial charge on any atom is 0.338 e. The minimum Gasteiger partial charge on any atom is -0.479 e. The SMILES string of the molecule is CC1(COC(=O)c2ccccc2)C=Cc2cc(NS(=O)(=O)c3ccc4ccccc4c3)ccc2O1. The van der Waals surface area contributed by atoms with Crippen LogP contribution in [0.5, 0.6) is 5.75 Å². The number of nitrogens with one attached hydrogen (secondary N) is 1. The highest BCUT2D eigenvalue weighted by molar-refractivity contribution is 7.92. The van der Waals surface area contributed by atoms with E-state index in [1.807, 2.05) is 43.3 Å². The van der Waals surface area contributed by atoms with Gasteiger partial charge in [-0.3, -0.25) is 4.72 Å². The van der Waals surface area contributed by atoms with Crippen LogP contribution in [0.25, 0.3) is 16.8 Å². The van der Waals surface area contributed by atoms with Gasteiger partial charge < -0.3 is 9.47 Å². The van der Waals surface area contributed by atoms with Gasteiger partial charge in [-0.15, -0.1) is 0 Å². The molecule has 6 nitrogen and oxygen atoms in total. The van der Waals surface area contributed by atoms with E-state index < -0.39 is 21.6 Å². The Labute approximate surface area is 203 Å². The summed E-state index contributed by atoms with van der Waals surface area (Å²) >= 11 is 0. The third kappa shape index (κ3) is 4.90. The molecule has 0 aliphatic carbocycles. The van der Waals surface area contributed by atoms with Crippen LogP contribution in [0.3, 0.4) is 0 Å². The van der Waals surface area contributed by atoms with Crippen molar-refractivity contribution < 1.29 is 22.7 Å². The second-order valence-electron chi connectivity index (χ2n) is 8.56. The first-order chi connectivity index (χ1) is 16.8. The van der Waals surface area contributed by atoms with E-state index in [0.29, 0.717) is 17.0 Å². The average Bonchev–Trinajstić information content (AvgIpc) is 2.87. The van der Waals surface area contributed by atoms with Gasteiger partial charge >= 0.3 is 5.97 Å². The molecular weight excluding hydrogens is 462 g/mol. The second kappa shape index (κ2) is 8.92. The minimum absolute atomic E-state index is 0.0347. The fourth-order valence-corrected chi connectivity index (χ4v) is 4.96. The largest absolute Gasteiger partial charge is 0.479 e. The molecule has 0 saturated heterocycles. The quantitative estimate of drug-likeness (QED) is 0.356.